The van der Waals surface area contributed by atoms with Gasteiger partial charge in [0.15, 0.2) is 6.79 Å². The lowest BCUT2D eigenvalue weighted by Crippen LogP contribution is -1.81. The fourth-order valence-electron chi connectivity index (χ4n) is 0. The topological polar surface area (TPSA) is 74.6 Å². The lowest BCUT2D eigenvalue weighted by atomic mass is 11.5. The Bertz CT molecular complexity index is 36.8. The van der Waals surface area contributed by atoms with E-state index in [2.05, 4.69) is 6.79 Å². The van der Waals surface area contributed by atoms with Gasteiger partial charge in [-0.2, -0.15) is 0 Å². The first-order chi connectivity index (χ1) is 2.73. The molecule has 0 rings (SSSR count). The van der Waals surface area contributed by atoms with Gasteiger partial charge in [-0.1, -0.05) is 0 Å². The third kappa shape index (κ3) is 9.85. The van der Waals surface area contributed by atoms with Crippen LogP contribution in [0.1, 0.15) is 0 Å². The maximum Gasteiger partial charge on any atom is 0.503 e. The monoisotopic (exact) mass is 91.0 g/mol. The molecule has 0 aromatic carbocycles. The zero-order chi connectivity index (χ0) is 5.58. The summed E-state index contributed by atoms with van der Waals surface area (Å²) in [6, 6.07) is 0. The Hall–Kier alpha value is -1.06. The van der Waals surface area contributed by atoms with Crippen molar-refractivity contribution >= 4 is 12.9 Å². The molecule has 0 unspecified atom stereocenters. The molecule has 6 heavy (non-hydrogen) atoms. The Morgan fingerprint density at radius 1 is 1.33 bits per heavy atom. The predicted molar refractivity (Wildman–Crippen MR) is 17.4 cm³/mol. The van der Waals surface area contributed by atoms with Crippen molar-refractivity contribution in [2.24, 2.45) is 0 Å². The summed E-state index contributed by atoms with van der Waals surface area (Å²) in [4.78, 5) is 16.3. The smallest absolute Gasteiger partial charge is 0.450 e. The van der Waals surface area contributed by atoms with Crippen LogP contribution in [0.5, 0.6) is 0 Å². The van der Waals surface area contributed by atoms with Crippen molar-refractivity contribution < 1.29 is 19.8 Å². The minimum Gasteiger partial charge on any atom is -0.450 e. The van der Waals surface area contributed by atoms with Crippen molar-refractivity contribution in [2.45, 2.75) is 0 Å². The second-order valence-corrected chi connectivity index (χ2v) is 0.283. The summed E-state index contributed by atoms with van der Waals surface area (Å²) in [7, 11) is 0. The second-order valence-electron chi connectivity index (χ2n) is 0.283. The highest BCUT2D eigenvalue weighted by atomic mass is 16.6. The highest BCUT2D eigenvalue weighted by Gasteiger charge is 1.70. The van der Waals surface area contributed by atoms with Crippen LogP contribution in [0.25, 0.3) is 0 Å². The van der Waals surface area contributed by atoms with Crippen LogP contribution in [0.3, 0.4) is 0 Å². The first-order valence-electron chi connectivity index (χ1n) is 0.887. The van der Waals surface area contributed by atoms with E-state index in [9.17, 15) is 0 Å². The van der Waals surface area contributed by atoms with E-state index in [1.165, 1.54) is 0 Å². The average Bonchev–Trinajstić information content (AvgIpc) is 1.41. The van der Waals surface area contributed by atoms with Gasteiger partial charge < -0.3 is 10.2 Å². The van der Waals surface area contributed by atoms with Crippen LogP contribution >= 0.6 is 0 Å². The summed E-state index contributed by atoms with van der Waals surface area (Å²) in [5, 5.41) is 13.9. The van der Waals surface area contributed by atoms with Crippen molar-refractivity contribution in [3.05, 3.63) is 0 Å². The molecule has 0 amide bonds. The number of carbonyl (C=O) groups excluding carboxylic acids is 1. The average molecular weight is 91.0 g/mol. The van der Waals surface area contributed by atoms with E-state index < -0.39 is 6.16 Å². The molecule has 0 aliphatic carbocycles. The predicted octanol–water partition coefficient (Wildman–Crippen LogP) is -0.0517. The Morgan fingerprint density at radius 3 is 1.33 bits per heavy atom. The van der Waals surface area contributed by atoms with Crippen molar-refractivity contribution in [1.82, 2.24) is 0 Å². The van der Waals surface area contributed by atoms with Crippen LogP contribution in [0.2, 0.25) is 0 Å². The third-order valence-corrected chi connectivity index (χ3v) is 0. The molecule has 2 N–H and O–H groups in total. The van der Waals surface area contributed by atoms with Gasteiger partial charge in [-0.3, -0.25) is 4.79 Å². The van der Waals surface area contributed by atoms with Gasteiger partial charge in [-0.25, -0.2) is 4.79 Å². The number of hydrogen-bond donors (Lipinski definition) is 2. The minimum absolute atomic E-state index is 1.83. The number of rotatable bonds is 0. The molecule has 0 aromatic rings. The van der Waals surface area contributed by atoms with E-state index in [0.29, 0.717) is 0 Å². The summed E-state index contributed by atoms with van der Waals surface area (Å²) in [6.07, 6.45) is -1.83. The summed E-state index contributed by atoms with van der Waals surface area (Å²) in [6.45, 7) is 3.25. The highest BCUT2D eigenvalue weighted by molar-refractivity contribution is 5.53. The second kappa shape index (κ2) is 9.05. The third-order valence-electron chi connectivity index (χ3n) is 0. The van der Waals surface area contributed by atoms with Crippen molar-refractivity contribution in [1.29, 1.82) is 0 Å². The maximum atomic E-state index is 8.56. The molecule has 0 saturated carbocycles. The molecular weight excluding hydrogens is 88.0 g/mol. The highest BCUT2D eigenvalue weighted by Crippen LogP contribution is 1.42. The minimum atomic E-state index is -1.83. The Kier molecular flexibility index (Phi) is 13.4. The molecule has 0 saturated heterocycles. The fourth-order valence-corrected chi connectivity index (χ4v) is 0. The molecule has 0 aliphatic heterocycles. The molecule has 0 atom stereocenters. The maximum absolute atomic E-state index is 8.56. The van der Waals surface area contributed by atoms with Crippen LogP contribution in [-0.2, 0) is 4.79 Å². The molecule has 0 fully saturated rings. The van der Waals surface area contributed by atoms with Gasteiger partial charge in [0.2, 0.25) is 0 Å². The van der Waals surface area contributed by atoms with E-state index in [1.54, 1.807) is 0 Å². The van der Waals surface area contributed by atoms with E-state index in [-0.39, 0.29) is 0 Å². The van der Waals surface area contributed by atoms with Gasteiger partial charge in [0, 0.05) is 0 Å². The molecular formula is C2H3O4. The molecule has 0 spiro atoms. The fraction of sp³-hybridized carbons (Fsp3) is 0. The normalized spacial score (nSPS) is 4.67. The standard InChI is InChI=1S/CH2O3.CHO/c2-1(3)4;1-2/h(H2,2,3,4);1H. The lowest BCUT2D eigenvalue weighted by molar-refractivity contribution is 0.137. The van der Waals surface area contributed by atoms with Gasteiger partial charge in [-0.05, 0) is 0 Å². The van der Waals surface area contributed by atoms with Crippen molar-refractivity contribution in [2.75, 3.05) is 0 Å². The molecule has 0 aliphatic rings. The van der Waals surface area contributed by atoms with Crippen LogP contribution in [0, 0.1) is 0 Å². The summed E-state index contributed by atoms with van der Waals surface area (Å²) >= 11 is 0. The SMILES string of the molecule is O=C(O)O.[CH]=O. The van der Waals surface area contributed by atoms with Gasteiger partial charge in [-0.15, -0.1) is 0 Å². The lowest BCUT2D eigenvalue weighted by Gasteiger charge is -1.60. The van der Waals surface area contributed by atoms with Crippen molar-refractivity contribution in [3.8, 4) is 0 Å². The Balaban J connectivity index is 0. The number of carboxylic acid groups (broad SMARTS) is 2. The molecule has 0 aromatic heterocycles. The van der Waals surface area contributed by atoms with Crippen LogP contribution < -0.4 is 0 Å². The molecule has 0 heterocycles. The molecule has 0 bridgehead atoms. The molecule has 4 nitrogen and oxygen atoms in total. The summed E-state index contributed by atoms with van der Waals surface area (Å²) in [5.41, 5.74) is 0. The molecule has 35 valence electrons. The summed E-state index contributed by atoms with van der Waals surface area (Å²) in [5.74, 6) is 0. The number of carbonyl (C=O) groups is 1. The quantitative estimate of drug-likeness (QED) is 0.410. The van der Waals surface area contributed by atoms with Gasteiger partial charge in [0.1, 0.15) is 0 Å². The van der Waals surface area contributed by atoms with E-state index in [4.69, 9.17) is 19.8 Å². The number of hydrogen-bond acceptors (Lipinski definition) is 2. The van der Waals surface area contributed by atoms with E-state index in [0.717, 1.165) is 0 Å². The van der Waals surface area contributed by atoms with Crippen LogP contribution in [-0.4, -0.2) is 23.2 Å². The Morgan fingerprint density at radius 2 is 1.33 bits per heavy atom. The van der Waals surface area contributed by atoms with Gasteiger partial charge >= 0.3 is 6.16 Å². The van der Waals surface area contributed by atoms with Crippen molar-refractivity contribution in [3.63, 3.8) is 0 Å². The Labute approximate surface area is 34.0 Å². The van der Waals surface area contributed by atoms with Crippen LogP contribution in [0.4, 0.5) is 4.79 Å². The molecule has 4 heteroatoms. The zero-order valence-corrected chi connectivity index (χ0v) is 2.79. The first-order valence-corrected chi connectivity index (χ1v) is 0.887. The zero-order valence-electron chi connectivity index (χ0n) is 2.79. The first kappa shape index (κ1) is 8.87. The van der Waals surface area contributed by atoms with E-state index >= 15 is 0 Å². The van der Waals surface area contributed by atoms with Gasteiger partial charge in [0.05, 0.1) is 0 Å². The van der Waals surface area contributed by atoms with E-state index in [1.807, 2.05) is 0 Å². The largest absolute Gasteiger partial charge is 0.503 e. The summed E-state index contributed by atoms with van der Waals surface area (Å²) < 4.78 is 0. The van der Waals surface area contributed by atoms with Crippen LogP contribution in [0.15, 0.2) is 0 Å². The molecule has 1 radical (unpaired) electrons. The van der Waals surface area contributed by atoms with Gasteiger partial charge in [0.25, 0.3) is 0 Å².